The molecular weight excluding hydrogens is 256 g/mol. The molecule has 0 N–H and O–H groups in total. The molecule has 0 bridgehead atoms. The molecule has 15 heavy (non-hydrogen) atoms. The molecule has 0 unspecified atom stereocenters. The average molecular weight is 267 g/mol. The molecule has 0 fully saturated rings. The van der Waals surface area contributed by atoms with Crippen LogP contribution in [-0.4, -0.2) is 9.78 Å². The quantitative estimate of drug-likeness (QED) is 0.851. The highest BCUT2D eigenvalue weighted by Crippen LogP contribution is 2.22. The Morgan fingerprint density at radius 3 is 2.60 bits per heavy atom. The number of nitrogens with zero attached hydrogens (tertiary/aromatic N) is 2. The van der Waals surface area contributed by atoms with E-state index in [0.717, 1.165) is 22.5 Å². The van der Waals surface area contributed by atoms with Crippen LogP contribution >= 0.6 is 15.9 Å². The summed E-state index contributed by atoms with van der Waals surface area (Å²) in [4.78, 5) is 0. The van der Waals surface area contributed by atoms with Crippen LogP contribution in [0.2, 0.25) is 0 Å². The van der Waals surface area contributed by atoms with E-state index in [4.69, 9.17) is 4.74 Å². The minimum Gasteiger partial charge on any atom is -0.454 e. The second kappa shape index (κ2) is 4.49. The van der Waals surface area contributed by atoms with E-state index in [2.05, 4.69) is 21.0 Å². The first kappa shape index (κ1) is 10.2. The van der Waals surface area contributed by atoms with Gasteiger partial charge in [0.1, 0.15) is 5.75 Å². The third-order valence-corrected chi connectivity index (χ3v) is 2.51. The Balaban J connectivity index is 2.11. The van der Waals surface area contributed by atoms with Gasteiger partial charge >= 0.3 is 0 Å². The van der Waals surface area contributed by atoms with Gasteiger partial charge in [-0.25, -0.2) is 0 Å². The number of rotatable bonds is 3. The third kappa shape index (κ3) is 2.59. The van der Waals surface area contributed by atoms with Crippen molar-refractivity contribution in [2.75, 3.05) is 0 Å². The number of hydrogen-bond donors (Lipinski definition) is 0. The highest BCUT2D eigenvalue weighted by atomic mass is 79.9. The summed E-state index contributed by atoms with van der Waals surface area (Å²) >= 11 is 3.37. The zero-order chi connectivity index (χ0) is 10.7. The lowest BCUT2D eigenvalue weighted by molar-refractivity contribution is 0.481. The molecule has 2 rings (SSSR count). The van der Waals surface area contributed by atoms with Crippen molar-refractivity contribution in [3.63, 3.8) is 0 Å². The molecule has 0 aliphatic heterocycles. The molecule has 0 saturated heterocycles. The van der Waals surface area contributed by atoms with Crippen molar-refractivity contribution in [1.82, 2.24) is 9.78 Å². The maximum absolute atomic E-state index is 5.61. The van der Waals surface area contributed by atoms with Gasteiger partial charge < -0.3 is 4.74 Å². The van der Waals surface area contributed by atoms with Crippen molar-refractivity contribution < 1.29 is 4.74 Å². The second-order valence-corrected chi connectivity index (χ2v) is 4.00. The van der Waals surface area contributed by atoms with Crippen LogP contribution in [0.4, 0.5) is 0 Å². The zero-order valence-electron chi connectivity index (χ0n) is 8.35. The SMILES string of the molecule is CCn1cc(Oc2ccc(Br)cc2)cn1. The molecule has 1 heterocycles. The Kier molecular flexibility index (Phi) is 3.06. The monoisotopic (exact) mass is 266 g/mol. The van der Waals surface area contributed by atoms with Crippen molar-refractivity contribution in [3.05, 3.63) is 41.1 Å². The molecule has 0 atom stereocenters. The molecule has 4 heteroatoms. The standard InChI is InChI=1S/C11H11BrN2O/c1-2-14-8-11(7-13-14)15-10-5-3-9(12)4-6-10/h3-8H,2H2,1H3. The van der Waals surface area contributed by atoms with Gasteiger partial charge in [0.05, 0.1) is 12.4 Å². The van der Waals surface area contributed by atoms with Crippen LogP contribution in [0.1, 0.15) is 6.92 Å². The summed E-state index contributed by atoms with van der Waals surface area (Å²) < 4.78 is 8.48. The van der Waals surface area contributed by atoms with E-state index < -0.39 is 0 Å². The summed E-state index contributed by atoms with van der Waals surface area (Å²) in [6, 6.07) is 7.71. The zero-order valence-corrected chi connectivity index (χ0v) is 9.94. The van der Waals surface area contributed by atoms with Gasteiger partial charge in [0.25, 0.3) is 0 Å². The van der Waals surface area contributed by atoms with Gasteiger partial charge in [-0.05, 0) is 31.2 Å². The number of aryl methyl sites for hydroxylation is 1. The normalized spacial score (nSPS) is 10.3. The highest BCUT2D eigenvalue weighted by molar-refractivity contribution is 9.10. The van der Waals surface area contributed by atoms with Crippen LogP contribution in [0, 0.1) is 0 Å². The number of aromatic nitrogens is 2. The Bertz CT molecular complexity index is 436. The first-order chi connectivity index (χ1) is 7.28. The first-order valence-corrected chi connectivity index (χ1v) is 5.53. The Morgan fingerprint density at radius 2 is 2.00 bits per heavy atom. The summed E-state index contributed by atoms with van der Waals surface area (Å²) in [5.74, 6) is 1.58. The number of ether oxygens (including phenoxy) is 1. The van der Waals surface area contributed by atoms with Gasteiger partial charge in [-0.1, -0.05) is 15.9 Å². The van der Waals surface area contributed by atoms with Crippen molar-refractivity contribution in [3.8, 4) is 11.5 Å². The van der Waals surface area contributed by atoms with Crippen LogP contribution in [0.3, 0.4) is 0 Å². The lowest BCUT2D eigenvalue weighted by Crippen LogP contribution is -1.92. The Morgan fingerprint density at radius 1 is 1.27 bits per heavy atom. The van der Waals surface area contributed by atoms with Crippen molar-refractivity contribution in [1.29, 1.82) is 0 Å². The molecule has 78 valence electrons. The Hall–Kier alpha value is -1.29. The fourth-order valence-corrected chi connectivity index (χ4v) is 1.47. The van der Waals surface area contributed by atoms with Crippen LogP contribution in [0.25, 0.3) is 0 Å². The van der Waals surface area contributed by atoms with Crippen LogP contribution in [-0.2, 0) is 6.54 Å². The summed E-state index contributed by atoms with van der Waals surface area (Å²) in [5.41, 5.74) is 0. The molecule has 0 radical (unpaired) electrons. The van der Waals surface area contributed by atoms with E-state index in [0.29, 0.717) is 0 Å². The number of halogens is 1. The van der Waals surface area contributed by atoms with Crippen molar-refractivity contribution in [2.24, 2.45) is 0 Å². The molecule has 1 aromatic carbocycles. The third-order valence-electron chi connectivity index (χ3n) is 1.98. The lowest BCUT2D eigenvalue weighted by atomic mass is 10.3. The minimum atomic E-state index is 0.763. The molecule has 2 aromatic rings. The van der Waals surface area contributed by atoms with Crippen molar-refractivity contribution >= 4 is 15.9 Å². The molecule has 1 aromatic heterocycles. The van der Waals surface area contributed by atoms with Gasteiger partial charge in [0.2, 0.25) is 0 Å². The van der Waals surface area contributed by atoms with E-state index in [1.54, 1.807) is 6.20 Å². The van der Waals surface area contributed by atoms with Crippen LogP contribution < -0.4 is 4.74 Å². The maximum atomic E-state index is 5.61. The average Bonchev–Trinajstić information content (AvgIpc) is 2.69. The maximum Gasteiger partial charge on any atom is 0.165 e. The molecule has 0 aliphatic carbocycles. The predicted molar refractivity (Wildman–Crippen MR) is 62.1 cm³/mol. The summed E-state index contributed by atoms with van der Waals surface area (Å²) in [6.07, 6.45) is 3.59. The van der Waals surface area contributed by atoms with Gasteiger partial charge in [-0.15, -0.1) is 0 Å². The largest absolute Gasteiger partial charge is 0.454 e. The summed E-state index contributed by atoms with van der Waals surface area (Å²) in [7, 11) is 0. The molecular formula is C11H11BrN2O. The fourth-order valence-electron chi connectivity index (χ4n) is 1.21. The smallest absolute Gasteiger partial charge is 0.165 e. The topological polar surface area (TPSA) is 27.1 Å². The second-order valence-electron chi connectivity index (χ2n) is 3.09. The lowest BCUT2D eigenvalue weighted by Gasteiger charge is -2.01. The van der Waals surface area contributed by atoms with E-state index in [9.17, 15) is 0 Å². The molecule has 3 nitrogen and oxygen atoms in total. The summed E-state index contributed by atoms with van der Waals surface area (Å²) in [6.45, 7) is 2.89. The van der Waals surface area contributed by atoms with Gasteiger partial charge in [0, 0.05) is 11.0 Å². The highest BCUT2D eigenvalue weighted by Gasteiger charge is 1.99. The predicted octanol–water partition coefficient (Wildman–Crippen LogP) is 3.46. The van der Waals surface area contributed by atoms with Gasteiger partial charge in [-0.3, -0.25) is 4.68 Å². The van der Waals surface area contributed by atoms with E-state index in [1.165, 1.54) is 0 Å². The molecule has 0 amide bonds. The van der Waals surface area contributed by atoms with Crippen LogP contribution in [0.5, 0.6) is 11.5 Å². The molecule has 0 spiro atoms. The van der Waals surface area contributed by atoms with E-state index >= 15 is 0 Å². The Labute approximate surface area is 96.8 Å². The van der Waals surface area contributed by atoms with E-state index in [-0.39, 0.29) is 0 Å². The molecule has 0 aliphatic rings. The fraction of sp³-hybridized carbons (Fsp3) is 0.182. The molecule has 0 saturated carbocycles. The van der Waals surface area contributed by atoms with E-state index in [1.807, 2.05) is 42.1 Å². The number of hydrogen-bond acceptors (Lipinski definition) is 2. The van der Waals surface area contributed by atoms with Gasteiger partial charge in [0.15, 0.2) is 5.75 Å². The van der Waals surface area contributed by atoms with Crippen LogP contribution in [0.15, 0.2) is 41.1 Å². The first-order valence-electron chi connectivity index (χ1n) is 4.74. The summed E-state index contributed by atoms with van der Waals surface area (Å²) in [5, 5.41) is 4.13. The number of benzene rings is 1. The van der Waals surface area contributed by atoms with Crippen molar-refractivity contribution in [2.45, 2.75) is 13.5 Å². The minimum absolute atomic E-state index is 0.763. The van der Waals surface area contributed by atoms with Gasteiger partial charge in [-0.2, -0.15) is 5.10 Å².